The lowest BCUT2D eigenvalue weighted by Gasteiger charge is -2.14. The Balaban J connectivity index is 3.23. The van der Waals surface area contributed by atoms with Gasteiger partial charge in [-0.1, -0.05) is 130 Å². The van der Waals surface area contributed by atoms with Gasteiger partial charge in [-0.05, 0) is 5.92 Å². The summed E-state index contributed by atoms with van der Waals surface area (Å²) in [7, 11) is 0. The van der Waals surface area contributed by atoms with Crippen molar-refractivity contribution in [2.45, 2.75) is 116 Å². The maximum absolute atomic E-state index is 3.93. The molecule has 0 aromatic carbocycles. The molecule has 0 aliphatic rings. The summed E-state index contributed by atoms with van der Waals surface area (Å²) in [6.07, 6.45) is 23.6. The van der Waals surface area contributed by atoms with Gasteiger partial charge in [-0.2, -0.15) is 0 Å². The molecule has 2 radical (unpaired) electrons. The summed E-state index contributed by atoms with van der Waals surface area (Å²) in [6, 6.07) is 0. The third-order valence-electron chi connectivity index (χ3n) is 4.80. The first-order valence-corrected chi connectivity index (χ1v) is 9.93. The number of unbranched alkanes of at least 4 members (excludes halogenated alkanes) is 12. The molecule has 0 spiro atoms. The van der Waals surface area contributed by atoms with E-state index in [1.54, 1.807) is 0 Å². The zero-order valence-electron chi connectivity index (χ0n) is 15.0. The second-order valence-corrected chi connectivity index (χ2v) is 6.80. The molecule has 0 aromatic rings. The van der Waals surface area contributed by atoms with E-state index in [2.05, 4.69) is 20.8 Å². The van der Waals surface area contributed by atoms with Crippen LogP contribution in [-0.2, 0) is 0 Å². The highest BCUT2D eigenvalue weighted by molar-refractivity contribution is 4.59. The van der Waals surface area contributed by atoms with E-state index in [9.17, 15) is 0 Å². The predicted molar refractivity (Wildman–Crippen MR) is 98.4 cm³/mol. The number of rotatable bonds is 17. The minimum atomic E-state index is 0.998. The first-order chi connectivity index (χ1) is 10.3. The van der Waals surface area contributed by atoms with Crippen LogP contribution in [0.15, 0.2) is 0 Å². The molecule has 0 aliphatic heterocycles. The monoisotopic (exact) mass is 294 g/mol. The Morgan fingerprint density at radius 2 is 0.857 bits per heavy atom. The third-order valence-corrected chi connectivity index (χ3v) is 4.80. The van der Waals surface area contributed by atoms with Gasteiger partial charge in [-0.3, -0.25) is 0 Å². The van der Waals surface area contributed by atoms with E-state index in [1.807, 2.05) is 0 Å². The molecule has 0 saturated carbocycles. The van der Waals surface area contributed by atoms with Crippen LogP contribution in [0.4, 0.5) is 0 Å². The molecular formula is C21H42. The van der Waals surface area contributed by atoms with E-state index >= 15 is 0 Å². The van der Waals surface area contributed by atoms with E-state index in [0.29, 0.717) is 0 Å². The lowest BCUT2D eigenvalue weighted by molar-refractivity contribution is 0.394. The predicted octanol–water partition coefficient (Wildman–Crippen LogP) is 7.92. The molecule has 0 nitrogen and oxygen atoms in total. The van der Waals surface area contributed by atoms with Crippen molar-refractivity contribution < 1.29 is 0 Å². The van der Waals surface area contributed by atoms with Crippen molar-refractivity contribution in [3.05, 3.63) is 13.8 Å². The van der Waals surface area contributed by atoms with E-state index in [0.717, 1.165) is 18.8 Å². The third kappa shape index (κ3) is 16.2. The molecule has 0 N–H and O–H groups in total. The highest BCUT2D eigenvalue weighted by atomic mass is 14.1. The van der Waals surface area contributed by atoms with Crippen molar-refractivity contribution in [1.29, 1.82) is 0 Å². The Morgan fingerprint density at radius 3 is 1.24 bits per heavy atom. The maximum atomic E-state index is 3.93. The van der Waals surface area contributed by atoms with Crippen molar-refractivity contribution in [2.75, 3.05) is 0 Å². The molecule has 0 saturated heterocycles. The summed E-state index contributed by atoms with van der Waals surface area (Å²) in [4.78, 5) is 0. The summed E-state index contributed by atoms with van der Waals surface area (Å²) in [5.74, 6) is 0.998. The van der Waals surface area contributed by atoms with Gasteiger partial charge in [0, 0.05) is 0 Å². The first kappa shape index (κ1) is 21.0. The van der Waals surface area contributed by atoms with E-state index in [1.165, 1.54) is 96.3 Å². The van der Waals surface area contributed by atoms with Gasteiger partial charge >= 0.3 is 0 Å². The molecule has 0 fully saturated rings. The highest BCUT2D eigenvalue weighted by Crippen LogP contribution is 2.21. The van der Waals surface area contributed by atoms with Gasteiger partial charge in [-0.15, -0.1) is 0 Å². The van der Waals surface area contributed by atoms with Crippen LogP contribution in [0, 0.1) is 19.8 Å². The molecule has 0 bridgehead atoms. The molecular weight excluding hydrogens is 252 g/mol. The summed E-state index contributed by atoms with van der Waals surface area (Å²) in [5, 5.41) is 0. The van der Waals surface area contributed by atoms with Crippen LogP contribution >= 0.6 is 0 Å². The van der Waals surface area contributed by atoms with Gasteiger partial charge < -0.3 is 0 Å². The fourth-order valence-electron chi connectivity index (χ4n) is 3.19. The van der Waals surface area contributed by atoms with Gasteiger partial charge in [0.2, 0.25) is 0 Å². The molecule has 21 heavy (non-hydrogen) atoms. The Morgan fingerprint density at radius 1 is 0.524 bits per heavy atom. The Labute approximate surface area is 136 Å². The van der Waals surface area contributed by atoms with Gasteiger partial charge in [-0.25, -0.2) is 0 Å². The quantitative estimate of drug-likeness (QED) is 0.239. The standard InChI is InChI=1S/C21H42/c1-4-7-9-11-12-13-14-15-16-18-20-21(6-3)19-17-10-8-5-2/h21H,1-2,4-20H2,3H3. The van der Waals surface area contributed by atoms with Crippen LogP contribution in [0.5, 0.6) is 0 Å². The van der Waals surface area contributed by atoms with E-state index < -0.39 is 0 Å². The number of hydrogen-bond acceptors (Lipinski definition) is 0. The van der Waals surface area contributed by atoms with Crippen LogP contribution in [0.2, 0.25) is 0 Å². The molecule has 0 amide bonds. The lowest BCUT2D eigenvalue weighted by atomic mass is 9.92. The Kier molecular flexibility index (Phi) is 18.1. The second-order valence-electron chi connectivity index (χ2n) is 6.80. The molecule has 0 heteroatoms. The number of hydrogen-bond donors (Lipinski definition) is 0. The minimum Gasteiger partial charge on any atom is -0.0651 e. The average Bonchev–Trinajstić information content (AvgIpc) is 2.51. The SMILES string of the molecule is [CH2]CCCCCCCCCCCC(CC)CCCCC[CH2]. The molecule has 0 aromatic heterocycles. The molecule has 126 valence electrons. The van der Waals surface area contributed by atoms with Crippen molar-refractivity contribution in [1.82, 2.24) is 0 Å². The smallest absolute Gasteiger partial charge is 0.0417 e. The first-order valence-electron chi connectivity index (χ1n) is 9.93. The fraction of sp³-hybridized carbons (Fsp3) is 0.905. The average molecular weight is 295 g/mol. The van der Waals surface area contributed by atoms with Gasteiger partial charge in [0.05, 0.1) is 0 Å². The molecule has 0 aliphatic carbocycles. The molecule has 1 atom stereocenters. The lowest BCUT2D eigenvalue weighted by Crippen LogP contribution is -1.99. The second kappa shape index (κ2) is 18.1. The summed E-state index contributed by atoms with van der Waals surface area (Å²) in [6.45, 7) is 10.2. The summed E-state index contributed by atoms with van der Waals surface area (Å²) >= 11 is 0. The van der Waals surface area contributed by atoms with Crippen LogP contribution < -0.4 is 0 Å². The fourth-order valence-corrected chi connectivity index (χ4v) is 3.19. The normalized spacial score (nSPS) is 12.7. The highest BCUT2D eigenvalue weighted by Gasteiger charge is 2.05. The zero-order chi connectivity index (χ0) is 15.6. The maximum Gasteiger partial charge on any atom is -0.0417 e. The molecule has 0 heterocycles. The van der Waals surface area contributed by atoms with E-state index in [4.69, 9.17) is 0 Å². The van der Waals surface area contributed by atoms with Crippen LogP contribution in [0.25, 0.3) is 0 Å². The minimum absolute atomic E-state index is 0.998. The Hall–Kier alpha value is 0. The van der Waals surface area contributed by atoms with Crippen LogP contribution in [-0.4, -0.2) is 0 Å². The van der Waals surface area contributed by atoms with Crippen molar-refractivity contribution >= 4 is 0 Å². The molecule has 1 unspecified atom stereocenters. The summed E-state index contributed by atoms with van der Waals surface area (Å²) in [5.41, 5.74) is 0. The topological polar surface area (TPSA) is 0 Å². The van der Waals surface area contributed by atoms with Crippen LogP contribution in [0.3, 0.4) is 0 Å². The summed E-state index contributed by atoms with van der Waals surface area (Å²) < 4.78 is 0. The van der Waals surface area contributed by atoms with E-state index in [-0.39, 0.29) is 0 Å². The largest absolute Gasteiger partial charge is 0.0651 e. The molecule has 0 rings (SSSR count). The van der Waals surface area contributed by atoms with Gasteiger partial charge in [0.25, 0.3) is 0 Å². The van der Waals surface area contributed by atoms with Crippen molar-refractivity contribution in [2.24, 2.45) is 5.92 Å². The Bertz CT molecular complexity index is 173. The van der Waals surface area contributed by atoms with Crippen molar-refractivity contribution in [3.8, 4) is 0 Å². The van der Waals surface area contributed by atoms with Gasteiger partial charge in [0.15, 0.2) is 0 Å². The van der Waals surface area contributed by atoms with Gasteiger partial charge in [0.1, 0.15) is 0 Å². The zero-order valence-corrected chi connectivity index (χ0v) is 15.0. The van der Waals surface area contributed by atoms with Crippen LogP contribution in [0.1, 0.15) is 116 Å². The van der Waals surface area contributed by atoms with Crippen molar-refractivity contribution in [3.63, 3.8) is 0 Å².